The monoisotopic (exact) mass is 386 g/mol. The fraction of sp³-hybridized carbons (Fsp3) is 0.333. The van der Waals surface area contributed by atoms with Gasteiger partial charge in [0.25, 0.3) is 0 Å². The molecule has 0 saturated carbocycles. The molecule has 0 heterocycles. The van der Waals surface area contributed by atoms with Gasteiger partial charge in [-0.25, -0.2) is 0 Å². The number of nitrogens with one attached hydrogen (secondary N) is 2. The molecule has 2 aromatic carbocycles. The average molecular weight is 387 g/mol. The molecule has 0 spiro atoms. The van der Waals surface area contributed by atoms with Crippen LogP contribution in [0.25, 0.3) is 0 Å². The van der Waals surface area contributed by atoms with Gasteiger partial charge < -0.3 is 15.4 Å². The van der Waals surface area contributed by atoms with Crippen molar-refractivity contribution in [3.63, 3.8) is 0 Å². The van der Waals surface area contributed by atoms with E-state index in [4.69, 9.17) is 4.74 Å². The summed E-state index contributed by atoms with van der Waals surface area (Å²) in [7, 11) is 0. The molecule has 0 aliphatic rings. The summed E-state index contributed by atoms with van der Waals surface area (Å²) in [5.74, 6) is 0.715. The van der Waals surface area contributed by atoms with Crippen molar-refractivity contribution in [3.05, 3.63) is 53.6 Å². The molecule has 6 heteroatoms. The number of aryl methyl sites for hydroxylation is 2. The van der Waals surface area contributed by atoms with Crippen LogP contribution in [-0.4, -0.2) is 29.4 Å². The van der Waals surface area contributed by atoms with Crippen molar-refractivity contribution in [1.29, 1.82) is 0 Å². The van der Waals surface area contributed by atoms with E-state index < -0.39 is 0 Å². The maximum Gasteiger partial charge on any atom is 0.237 e. The Bertz CT molecular complexity index is 791. The SMILES string of the molecule is CCOc1ccc(NC(=O)CS[C@@H](C)C(=O)Nc2ccc(C)cc2C)cc1. The van der Waals surface area contributed by atoms with Gasteiger partial charge in [0.2, 0.25) is 11.8 Å². The van der Waals surface area contributed by atoms with Crippen LogP contribution in [0.4, 0.5) is 11.4 Å². The van der Waals surface area contributed by atoms with Gasteiger partial charge in [0.15, 0.2) is 0 Å². The van der Waals surface area contributed by atoms with Crippen molar-refractivity contribution < 1.29 is 14.3 Å². The topological polar surface area (TPSA) is 67.4 Å². The number of benzene rings is 2. The van der Waals surface area contributed by atoms with E-state index in [1.54, 1.807) is 19.1 Å². The Hall–Kier alpha value is -2.47. The summed E-state index contributed by atoms with van der Waals surface area (Å²) in [6.07, 6.45) is 0. The van der Waals surface area contributed by atoms with Crippen LogP contribution in [0, 0.1) is 13.8 Å². The number of ether oxygens (including phenoxy) is 1. The predicted molar refractivity (Wildman–Crippen MR) is 113 cm³/mol. The fourth-order valence-electron chi connectivity index (χ4n) is 2.46. The van der Waals surface area contributed by atoms with Crippen LogP contribution in [0.1, 0.15) is 25.0 Å². The third-order valence-electron chi connectivity index (χ3n) is 3.92. The Morgan fingerprint density at radius 2 is 1.78 bits per heavy atom. The first-order chi connectivity index (χ1) is 12.9. The Balaban J connectivity index is 1.80. The van der Waals surface area contributed by atoms with Crippen molar-refractivity contribution in [2.45, 2.75) is 32.9 Å². The van der Waals surface area contributed by atoms with Crippen molar-refractivity contribution in [3.8, 4) is 5.75 Å². The van der Waals surface area contributed by atoms with Crippen LogP contribution in [0.3, 0.4) is 0 Å². The number of carbonyl (C=O) groups is 2. The maximum absolute atomic E-state index is 12.3. The lowest BCUT2D eigenvalue weighted by atomic mass is 10.1. The van der Waals surface area contributed by atoms with E-state index in [0.717, 1.165) is 22.6 Å². The standard InChI is InChI=1S/C21H26N2O3S/c1-5-26-18-9-7-17(8-10-18)22-20(24)13-27-16(4)21(25)23-19-11-6-14(2)12-15(19)3/h6-12,16H,5,13H2,1-4H3,(H,22,24)(H,23,25)/t16-/m0/s1. The molecule has 0 unspecified atom stereocenters. The zero-order valence-corrected chi connectivity index (χ0v) is 17.0. The van der Waals surface area contributed by atoms with Gasteiger partial charge >= 0.3 is 0 Å². The summed E-state index contributed by atoms with van der Waals surface area (Å²) < 4.78 is 5.37. The maximum atomic E-state index is 12.3. The summed E-state index contributed by atoms with van der Waals surface area (Å²) in [6, 6.07) is 13.1. The molecule has 5 nitrogen and oxygen atoms in total. The molecular formula is C21H26N2O3S. The van der Waals surface area contributed by atoms with E-state index in [1.807, 2.05) is 51.1 Å². The molecule has 27 heavy (non-hydrogen) atoms. The molecule has 1 atom stereocenters. The molecule has 0 saturated heterocycles. The van der Waals surface area contributed by atoms with E-state index in [0.29, 0.717) is 12.3 Å². The third-order valence-corrected chi connectivity index (χ3v) is 5.07. The van der Waals surface area contributed by atoms with Gasteiger partial charge in [0, 0.05) is 11.4 Å². The normalized spacial score (nSPS) is 11.6. The zero-order chi connectivity index (χ0) is 19.8. The lowest BCUT2D eigenvalue weighted by molar-refractivity contribution is -0.115. The zero-order valence-electron chi connectivity index (χ0n) is 16.2. The highest BCUT2D eigenvalue weighted by Gasteiger charge is 2.16. The predicted octanol–water partition coefficient (Wildman–Crippen LogP) is 4.40. The Morgan fingerprint density at radius 3 is 2.41 bits per heavy atom. The number of hydrogen-bond donors (Lipinski definition) is 2. The highest BCUT2D eigenvalue weighted by atomic mass is 32.2. The Kier molecular flexibility index (Phi) is 7.73. The van der Waals surface area contributed by atoms with Crippen molar-refractivity contribution >= 4 is 35.0 Å². The summed E-state index contributed by atoms with van der Waals surface area (Å²) in [5, 5.41) is 5.41. The molecule has 2 aromatic rings. The smallest absolute Gasteiger partial charge is 0.237 e. The minimum absolute atomic E-state index is 0.110. The molecule has 2 N–H and O–H groups in total. The fourth-order valence-corrected chi connectivity index (χ4v) is 3.15. The van der Waals surface area contributed by atoms with Gasteiger partial charge in [-0.1, -0.05) is 17.7 Å². The first kappa shape index (κ1) is 20.8. The molecule has 0 aliphatic heterocycles. The number of hydrogen-bond acceptors (Lipinski definition) is 4. The highest BCUT2D eigenvalue weighted by molar-refractivity contribution is 8.01. The Morgan fingerprint density at radius 1 is 1.07 bits per heavy atom. The molecule has 2 rings (SSSR count). The molecule has 0 bridgehead atoms. The number of amides is 2. The molecule has 0 fully saturated rings. The van der Waals surface area contributed by atoms with Crippen molar-refractivity contribution in [2.75, 3.05) is 23.0 Å². The minimum atomic E-state index is -0.336. The molecule has 0 aromatic heterocycles. The van der Waals surface area contributed by atoms with E-state index in [-0.39, 0.29) is 22.8 Å². The summed E-state index contributed by atoms with van der Waals surface area (Å²) in [4.78, 5) is 24.4. The average Bonchev–Trinajstić information content (AvgIpc) is 2.63. The number of rotatable bonds is 8. The van der Waals surface area contributed by atoms with E-state index in [1.165, 1.54) is 11.8 Å². The molecular weight excluding hydrogens is 360 g/mol. The minimum Gasteiger partial charge on any atom is -0.494 e. The van der Waals surface area contributed by atoms with Crippen molar-refractivity contribution in [2.24, 2.45) is 0 Å². The summed E-state index contributed by atoms with van der Waals surface area (Å²) in [6.45, 7) is 8.30. The second kappa shape index (κ2) is 10.0. The van der Waals surface area contributed by atoms with Crippen LogP contribution in [0.2, 0.25) is 0 Å². The van der Waals surface area contributed by atoms with Gasteiger partial charge in [0.05, 0.1) is 17.6 Å². The number of anilines is 2. The van der Waals surface area contributed by atoms with Gasteiger partial charge in [-0.2, -0.15) is 0 Å². The first-order valence-corrected chi connectivity index (χ1v) is 9.96. The van der Waals surface area contributed by atoms with Crippen LogP contribution < -0.4 is 15.4 Å². The number of thioether (sulfide) groups is 1. The lowest BCUT2D eigenvalue weighted by Gasteiger charge is -2.14. The second-order valence-electron chi connectivity index (χ2n) is 6.27. The molecule has 144 valence electrons. The van der Waals surface area contributed by atoms with Gasteiger partial charge in [-0.15, -0.1) is 11.8 Å². The van der Waals surface area contributed by atoms with Gasteiger partial charge in [-0.3, -0.25) is 9.59 Å². The van der Waals surface area contributed by atoms with E-state index in [2.05, 4.69) is 10.6 Å². The lowest BCUT2D eigenvalue weighted by Crippen LogP contribution is -2.25. The van der Waals surface area contributed by atoms with E-state index in [9.17, 15) is 9.59 Å². The molecule has 0 aliphatic carbocycles. The first-order valence-electron chi connectivity index (χ1n) is 8.91. The number of carbonyl (C=O) groups excluding carboxylic acids is 2. The second-order valence-corrected chi connectivity index (χ2v) is 7.60. The molecule has 2 amide bonds. The largest absolute Gasteiger partial charge is 0.494 e. The van der Waals surface area contributed by atoms with Crippen LogP contribution in [0.15, 0.2) is 42.5 Å². The Labute approximate surface area is 164 Å². The molecule has 0 radical (unpaired) electrons. The summed E-state index contributed by atoms with van der Waals surface area (Å²) in [5.41, 5.74) is 3.68. The van der Waals surface area contributed by atoms with Gasteiger partial charge in [-0.05, 0) is 63.6 Å². The van der Waals surface area contributed by atoms with Crippen LogP contribution in [-0.2, 0) is 9.59 Å². The van der Waals surface area contributed by atoms with Gasteiger partial charge in [0.1, 0.15) is 5.75 Å². The van der Waals surface area contributed by atoms with E-state index >= 15 is 0 Å². The quantitative estimate of drug-likeness (QED) is 0.706. The van der Waals surface area contributed by atoms with Crippen LogP contribution >= 0.6 is 11.8 Å². The third kappa shape index (κ3) is 6.64. The van der Waals surface area contributed by atoms with Crippen molar-refractivity contribution in [1.82, 2.24) is 0 Å². The summed E-state index contributed by atoms with van der Waals surface area (Å²) >= 11 is 1.30. The van der Waals surface area contributed by atoms with Crippen LogP contribution in [0.5, 0.6) is 5.75 Å². The highest BCUT2D eigenvalue weighted by Crippen LogP contribution is 2.20.